The molecule has 31 heavy (non-hydrogen) atoms. The molecule has 2 N–H and O–H groups in total. The van der Waals surface area contributed by atoms with Gasteiger partial charge in [-0.2, -0.15) is 0 Å². The van der Waals surface area contributed by atoms with Gasteiger partial charge in [-0.3, -0.25) is 0 Å². The average molecular weight is 421 g/mol. The summed E-state index contributed by atoms with van der Waals surface area (Å²) in [7, 11) is 0. The summed E-state index contributed by atoms with van der Waals surface area (Å²) in [6.07, 6.45) is 0.389. The molecule has 1 aliphatic heterocycles. The number of anilines is 1. The molecule has 0 bridgehead atoms. The van der Waals surface area contributed by atoms with E-state index in [2.05, 4.69) is 10.2 Å². The van der Waals surface area contributed by atoms with Gasteiger partial charge in [-0.15, -0.1) is 0 Å². The molecule has 7 nitrogen and oxygen atoms in total. The minimum atomic E-state index is -0.532. The van der Waals surface area contributed by atoms with Gasteiger partial charge >= 0.3 is 6.09 Å². The fourth-order valence-corrected chi connectivity index (χ4v) is 3.79. The Morgan fingerprint density at radius 3 is 2.71 bits per heavy atom. The van der Waals surface area contributed by atoms with Crippen LogP contribution < -0.4 is 10.2 Å². The predicted molar refractivity (Wildman–Crippen MR) is 121 cm³/mol. The minimum Gasteiger partial charge on any atom is -0.507 e. The molecule has 0 radical (unpaired) electrons. The topological polar surface area (TPSA) is 87.6 Å². The number of aromatic hydroxyl groups is 1. The average Bonchev–Trinajstić information content (AvgIpc) is 3.13. The summed E-state index contributed by atoms with van der Waals surface area (Å²) in [5, 5.41) is 14.2. The van der Waals surface area contributed by atoms with Crippen molar-refractivity contribution in [2.75, 3.05) is 18.0 Å². The number of ether oxygens (including phenoxy) is 1. The number of nitrogens with one attached hydrogen (secondary N) is 1. The normalized spacial score (nSPS) is 16.5. The summed E-state index contributed by atoms with van der Waals surface area (Å²) in [6, 6.07) is 13.1. The van der Waals surface area contributed by atoms with Gasteiger partial charge in [-0.05, 0) is 63.9 Å². The SMILES string of the molecule is Cc1ccc2c(N3CCC(NC(=O)OC(C)(C)C)C3)nc(-c3ccccc3O)nc2c1. The fourth-order valence-electron chi connectivity index (χ4n) is 3.79. The lowest BCUT2D eigenvalue weighted by Crippen LogP contribution is -2.40. The Balaban J connectivity index is 1.66. The molecule has 1 fully saturated rings. The van der Waals surface area contributed by atoms with Gasteiger partial charge in [0.1, 0.15) is 17.2 Å². The molecule has 3 aromatic rings. The highest BCUT2D eigenvalue weighted by atomic mass is 16.6. The van der Waals surface area contributed by atoms with E-state index in [0.717, 1.165) is 35.2 Å². The predicted octanol–water partition coefficient (Wildman–Crippen LogP) is 4.41. The molecule has 4 rings (SSSR count). The zero-order valence-electron chi connectivity index (χ0n) is 18.3. The summed E-state index contributed by atoms with van der Waals surface area (Å²) < 4.78 is 5.39. The minimum absolute atomic E-state index is 0.0288. The maximum atomic E-state index is 12.2. The van der Waals surface area contributed by atoms with Gasteiger partial charge in [-0.1, -0.05) is 18.2 Å². The van der Waals surface area contributed by atoms with Crippen molar-refractivity contribution in [3.63, 3.8) is 0 Å². The lowest BCUT2D eigenvalue weighted by molar-refractivity contribution is 0.0509. The van der Waals surface area contributed by atoms with E-state index in [-0.39, 0.29) is 11.8 Å². The smallest absolute Gasteiger partial charge is 0.407 e. The highest BCUT2D eigenvalue weighted by Crippen LogP contribution is 2.33. The first-order valence-corrected chi connectivity index (χ1v) is 10.5. The maximum Gasteiger partial charge on any atom is 0.407 e. The second kappa shape index (κ2) is 8.06. The number of fused-ring (bicyclic) bond motifs is 1. The van der Waals surface area contributed by atoms with Crippen LogP contribution in [0.15, 0.2) is 42.5 Å². The quantitative estimate of drug-likeness (QED) is 0.652. The molecule has 1 saturated heterocycles. The number of aromatic nitrogens is 2. The third-order valence-electron chi connectivity index (χ3n) is 5.19. The van der Waals surface area contributed by atoms with Gasteiger partial charge in [0.05, 0.1) is 17.1 Å². The highest BCUT2D eigenvalue weighted by Gasteiger charge is 2.28. The molecule has 7 heteroatoms. The third kappa shape index (κ3) is 4.71. The van der Waals surface area contributed by atoms with Crippen molar-refractivity contribution >= 4 is 22.8 Å². The number of carbonyl (C=O) groups is 1. The number of amides is 1. The van der Waals surface area contributed by atoms with Crippen LogP contribution in [0.25, 0.3) is 22.3 Å². The first-order chi connectivity index (χ1) is 14.7. The number of phenolic OH excluding ortho intramolecular Hbond substituents is 1. The number of rotatable bonds is 3. The van der Waals surface area contributed by atoms with Crippen LogP contribution in [0, 0.1) is 6.92 Å². The molecule has 1 unspecified atom stereocenters. The molecule has 1 aromatic heterocycles. The number of hydrogen-bond acceptors (Lipinski definition) is 6. The first kappa shape index (κ1) is 20.9. The van der Waals surface area contributed by atoms with Crippen molar-refractivity contribution in [1.29, 1.82) is 0 Å². The van der Waals surface area contributed by atoms with E-state index in [1.54, 1.807) is 12.1 Å². The standard InChI is InChI=1S/C24H28N4O3/c1-15-9-10-17-19(13-15)26-21(18-7-5-6-8-20(18)29)27-22(17)28-12-11-16(14-28)25-23(30)31-24(2,3)4/h5-10,13,16,29H,11-12,14H2,1-4H3,(H,25,30). The van der Waals surface area contributed by atoms with E-state index in [4.69, 9.17) is 14.7 Å². The van der Waals surface area contributed by atoms with Crippen LogP contribution >= 0.6 is 0 Å². The van der Waals surface area contributed by atoms with Crippen LogP contribution in [0.3, 0.4) is 0 Å². The number of phenols is 1. The third-order valence-corrected chi connectivity index (χ3v) is 5.19. The Hall–Kier alpha value is -3.35. The summed E-state index contributed by atoms with van der Waals surface area (Å²) in [5.74, 6) is 1.43. The van der Waals surface area contributed by atoms with Crippen molar-refractivity contribution in [3.05, 3.63) is 48.0 Å². The molecule has 2 aromatic carbocycles. The first-order valence-electron chi connectivity index (χ1n) is 10.5. The number of nitrogens with zero attached hydrogens (tertiary/aromatic N) is 3. The van der Waals surface area contributed by atoms with Gasteiger partial charge in [0.25, 0.3) is 0 Å². The molecule has 0 spiro atoms. The van der Waals surface area contributed by atoms with Crippen molar-refractivity contribution in [1.82, 2.24) is 15.3 Å². The fraction of sp³-hybridized carbons (Fsp3) is 0.375. The number of para-hydroxylation sites is 1. The van der Waals surface area contributed by atoms with Crippen LogP contribution in [0.1, 0.15) is 32.8 Å². The Morgan fingerprint density at radius 2 is 1.97 bits per heavy atom. The zero-order valence-corrected chi connectivity index (χ0v) is 18.3. The van der Waals surface area contributed by atoms with E-state index in [1.807, 2.05) is 58.0 Å². The maximum absolute atomic E-state index is 12.2. The Labute approximate surface area is 182 Å². The number of carbonyl (C=O) groups excluding carboxylic acids is 1. The van der Waals surface area contributed by atoms with E-state index in [1.165, 1.54) is 0 Å². The van der Waals surface area contributed by atoms with Gasteiger partial charge in [-0.25, -0.2) is 14.8 Å². The largest absolute Gasteiger partial charge is 0.507 e. The Bertz CT molecular complexity index is 1120. The van der Waals surface area contributed by atoms with Gasteiger partial charge in [0.2, 0.25) is 0 Å². The number of aryl methyl sites for hydroxylation is 1. The van der Waals surface area contributed by atoms with Crippen molar-refractivity contribution in [3.8, 4) is 17.1 Å². The molecule has 1 atom stereocenters. The molecule has 1 amide bonds. The summed E-state index contributed by atoms with van der Waals surface area (Å²) in [4.78, 5) is 23.9. The van der Waals surface area contributed by atoms with Crippen molar-refractivity contribution < 1.29 is 14.6 Å². The summed E-state index contributed by atoms with van der Waals surface area (Å²) >= 11 is 0. The number of benzene rings is 2. The van der Waals surface area contributed by atoms with Crippen LogP contribution in [0.4, 0.5) is 10.6 Å². The van der Waals surface area contributed by atoms with Crippen molar-refractivity contribution in [2.45, 2.75) is 45.8 Å². The Morgan fingerprint density at radius 1 is 1.19 bits per heavy atom. The van der Waals surface area contributed by atoms with Crippen LogP contribution in [0.5, 0.6) is 5.75 Å². The van der Waals surface area contributed by atoms with Crippen molar-refractivity contribution in [2.24, 2.45) is 0 Å². The van der Waals surface area contributed by atoms with Crippen LogP contribution in [-0.4, -0.2) is 45.9 Å². The Kier molecular flexibility index (Phi) is 5.43. The molecular weight excluding hydrogens is 392 g/mol. The van der Waals surface area contributed by atoms with E-state index < -0.39 is 11.7 Å². The highest BCUT2D eigenvalue weighted by molar-refractivity contribution is 5.92. The summed E-state index contributed by atoms with van der Waals surface area (Å²) in [5.41, 5.74) is 1.99. The second-order valence-corrected chi connectivity index (χ2v) is 8.99. The van der Waals surface area contributed by atoms with E-state index >= 15 is 0 Å². The zero-order chi connectivity index (χ0) is 22.2. The van der Waals surface area contributed by atoms with Gasteiger partial charge in [0, 0.05) is 18.5 Å². The van der Waals surface area contributed by atoms with Gasteiger partial charge in [0.15, 0.2) is 5.82 Å². The number of alkyl carbamates (subject to hydrolysis) is 1. The molecular formula is C24H28N4O3. The van der Waals surface area contributed by atoms with Gasteiger partial charge < -0.3 is 20.1 Å². The van der Waals surface area contributed by atoms with E-state index in [9.17, 15) is 9.90 Å². The molecule has 2 heterocycles. The lowest BCUT2D eigenvalue weighted by Gasteiger charge is -2.23. The monoisotopic (exact) mass is 420 g/mol. The van der Waals surface area contributed by atoms with Crippen LogP contribution in [0.2, 0.25) is 0 Å². The lowest BCUT2D eigenvalue weighted by atomic mass is 10.1. The molecule has 0 saturated carbocycles. The molecule has 1 aliphatic rings. The molecule has 162 valence electrons. The molecule has 0 aliphatic carbocycles. The second-order valence-electron chi connectivity index (χ2n) is 8.99. The van der Waals surface area contributed by atoms with Crippen LogP contribution in [-0.2, 0) is 4.74 Å². The number of hydrogen-bond donors (Lipinski definition) is 2. The summed E-state index contributed by atoms with van der Waals surface area (Å²) in [6.45, 7) is 8.95. The van der Waals surface area contributed by atoms with E-state index in [0.29, 0.717) is 17.9 Å².